The summed E-state index contributed by atoms with van der Waals surface area (Å²) in [6, 6.07) is 11.7. The maximum absolute atomic E-state index is 13.4. The summed E-state index contributed by atoms with van der Waals surface area (Å²) < 4.78 is 11.5. The van der Waals surface area contributed by atoms with Gasteiger partial charge in [0.1, 0.15) is 46.6 Å². The van der Waals surface area contributed by atoms with E-state index < -0.39 is 0 Å². The number of ketones is 2. The second-order valence-electron chi connectivity index (χ2n) is 26.6. The number of carbonyl (C=O) groups is 4. The van der Waals surface area contributed by atoms with Crippen molar-refractivity contribution in [2.24, 2.45) is 17.8 Å². The molecule has 17 nitrogen and oxygen atoms in total. The summed E-state index contributed by atoms with van der Waals surface area (Å²) in [5.41, 5.74) is 4.13. The number of Topliss-reactive ketones (excluding diaryl/α,β-unsaturated/α-hetero) is 2. The number of benzene rings is 2. The van der Waals surface area contributed by atoms with Crippen LogP contribution < -0.4 is 29.1 Å². The molecule has 2 aliphatic carbocycles. The Hall–Kier alpha value is -6.04. The predicted octanol–water partition coefficient (Wildman–Crippen LogP) is 9.95. The number of hydrogen-bond donors (Lipinski definition) is 0. The number of anilines is 4. The molecule has 450 valence electrons. The molecule has 6 aliphatic rings. The quantitative estimate of drug-likeness (QED) is 0.0918. The van der Waals surface area contributed by atoms with Crippen molar-refractivity contribution < 1.29 is 28.7 Å². The lowest BCUT2D eigenvalue weighted by Crippen LogP contribution is -2.59. The van der Waals surface area contributed by atoms with E-state index in [1.165, 1.54) is 58.4 Å². The normalized spacial score (nSPS) is 22.2. The average molecular weight is 1140 g/mol. The zero-order valence-electron chi connectivity index (χ0n) is 52.3. The lowest BCUT2D eigenvalue weighted by atomic mass is 9.81. The van der Waals surface area contributed by atoms with E-state index >= 15 is 0 Å². The van der Waals surface area contributed by atoms with E-state index in [1.807, 2.05) is 50.2 Å². The number of nitrogens with zero attached hydrogens (tertiary/aromatic N) is 11. The van der Waals surface area contributed by atoms with Crippen LogP contribution in [0.3, 0.4) is 0 Å². The summed E-state index contributed by atoms with van der Waals surface area (Å²) in [4.78, 5) is 87.1. The molecule has 4 aromatic rings. The van der Waals surface area contributed by atoms with Crippen molar-refractivity contribution in [3.8, 4) is 11.5 Å². The lowest BCUT2D eigenvalue weighted by Gasteiger charge is -2.47. The number of methoxy groups -OCH3 is 2. The van der Waals surface area contributed by atoms with Crippen LogP contribution in [0.25, 0.3) is 0 Å². The molecule has 83 heavy (non-hydrogen) atoms. The molecule has 0 bridgehead atoms. The Labute approximate surface area is 494 Å². The molecular weight excluding hydrogens is 1040 g/mol. The van der Waals surface area contributed by atoms with E-state index in [1.54, 1.807) is 50.5 Å². The highest BCUT2D eigenvalue weighted by molar-refractivity contribution is 6.05. The summed E-state index contributed by atoms with van der Waals surface area (Å²) >= 11 is 0. The van der Waals surface area contributed by atoms with Gasteiger partial charge in [-0.15, -0.1) is 0 Å². The molecule has 4 fully saturated rings. The van der Waals surface area contributed by atoms with Crippen LogP contribution in [0, 0.1) is 17.8 Å². The van der Waals surface area contributed by atoms with Gasteiger partial charge in [-0.2, -0.15) is 0 Å². The number of ether oxygens (including phenoxy) is 2. The van der Waals surface area contributed by atoms with Gasteiger partial charge in [0, 0.05) is 112 Å². The summed E-state index contributed by atoms with van der Waals surface area (Å²) in [6.07, 6.45) is 16.7. The van der Waals surface area contributed by atoms with Gasteiger partial charge in [0.05, 0.1) is 26.6 Å². The molecule has 0 N–H and O–H groups in total. The Balaban J connectivity index is 0.000000205. The fraction of sp³-hybridized carbons (Fsp3) is 0.636. The van der Waals surface area contributed by atoms with E-state index in [2.05, 4.69) is 83.1 Å². The van der Waals surface area contributed by atoms with Gasteiger partial charge < -0.3 is 38.9 Å². The average Bonchev–Trinajstić information content (AvgIpc) is 2.70. The molecule has 17 heteroatoms. The van der Waals surface area contributed by atoms with Crippen LogP contribution >= 0.6 is 0 Å². The van der Waals surface area contributed by atoms with Gasteiger partial charge in [0.15, 0.2) is 23.2 Å². The minimum absolute atomic E-state index is 0.0587. The molecule has 2 aromatic carbocycles. The van der Waals surface area contributed by atoms with E-state index in [0.29, 0.717) is 90.7 Å². The highest BCUT2D eigenvalue weighted by Gasteiger charge is 2.44. The van der Waals surface area contributed by atoms with Crippen LogP contribution in [0.2, 0.25) is 0 Å². The lowest BCUT2D eigenvalue weighted by molar-refractivity contribution is -0.121. The van der Waals surface area contributed by atoms with Crippen molar-refractivity contribution in [2.45, 2.75) is 174 Å². The van der Waals surface area contributed by atoms with Crippen molar-refractivity contribution in [3.63, 3.8) is 0 Å². The van der Waals surface area contributed by atoms with Crippen molar-refractivity contribution in [3.05, 3.63) is 82.7 Å². The number of hydrogen-bond acceptors (Lipinski definition) is 15. The number of carbonyl (C=O) groups excluding carboxylic acids is 4. The summed E-state index contributed by atoms with van der Waals surface area (Å²) in [5.74, 6) is 6.58. The second-order valence-corrected chi connectivity index (χ2v) is 26.6. The molecule has 2 saturated heterocycles. The number of aromatic nitrogens is 4. The highest BCUT2D eigenvalue weighted by atomic mass is 16.5. The van der Waals surface area contributed by atoms with Crippen LogP contribution in [0.1, 0.15) is 176 Å². The maximum Gasteiger partial charge on any atom is 0.249 e. The molecular formula is C66H95N11O6. The van der Waals surface area contributed by atoms with Crippen molar-refractivity contribution in [1.82, 2.24) is 34.6 Å². The topological polar surface area (TPSA) is 161 Å². The molecule has 10 rings (SSSR count). The third-order valence-corrected chi connectivity index (χ3v) is 18.5. The molecule has 4 aliphatic heterocycles. The molecule has 0 radical (unpaired) electrons. The van der Waals surface area contributed by atoms with E-state index in [0.717, 1.165) is 78.8 Å². The monoisotopic (exact) mass is 1140 g/mol. The zero-order chi connectivity index (χ0) is 59.5. The number of likely N-dealkylation sites (tertiary alicyclic amines) is 1. The van der Waals surface area contributed by atoms with E-state index in [4.69, 9.17) is 19.4 Å². The molecule has 2 saturated carbocycles. The zero-order valence-corrected chi connectivity index (χ0v) is 52.3. The Morgan fingerprint density at radius 1 is 0.566 bits per heavy atom. The van der Waals surface area contributed by atoms with Crippen molar-refractivity contribution in [1.29, 1.82) is 0 Å². The summed E-state index contributed by atoms with van der Waals surface area (Å²) in [5, 5.41) is 0. The van der Waals surface area contributed by atoms with Crippen LogP contribution in [0.4, 0.5) is 23.0 Å². The number of likely N-dealkylation sites (N-methyl/N-ethyl adjacent to an activating group) is 2. The maximum atomic E-state index is 13.4. The number of piperazine rings is 1. The van der Waals surface area contributed by atoms with Crippen molar-refractivity contribution >= 4 is 46.4 Å². The van der Waals surface area contributed by atoms with E-state index in [9.17, 15) is 19.2 Å². The third-order valence-electron chi connectivity index (χ3n) is 18.5. The molecule has 2 amide bonds. The number of fused-ring (bicyclic) bond motifs is 2. The largest absolute Gasteiger partial charge is 0.496 e. The van der Waals surface area contributed by atoms with Crippen LogP contribution in [0.5, 0.6) is 11.5 Å². The van der Waals surface area contributed by atoms with Gasteiger partial charge in [0.25, 0.3) is 0 Å². The molecule has 6 heterocycles. The fourth-order valence-corrected chi connectivity index (χ4v) is 13.5. The smallest absolute Gasteiger partial charge is 0.249 e. The predicted molar refractivity (Wildman–Crippen MR) is 330 cm³/mol. The van der Waals surface area contributed by atoms with Gasteiger partial charge in [0.2, 0.25) is 11.8 Å². The number of amides is 2. The van der Waals surface area contributed by atoms with Gasteiger partial charge in [-0.1, -0.05) is 38.1 Å². The first-order valence-corrected chi connectivity index (χ1v) is 31.0. The molecule has 2 aromatic heterocycles. The van der Waals surface area contributed by atoms with Crippen molar-refractivity contribution in [2.75, 3.05) is 101 Å². The second kappa shape index (κ2) is 26.1. The standard InChI is InChI=1S/C37H54N6O3.C29H41N5O3/c1-7-30-36(45)40(5)31-23-38-34(39-35(31)43(30)37(2,3)4)22-28-13-12-27(21-33(28)46-6)32(44)20-25-10-14-29(15-11-25)42-18-16-41(17-19-42)24-26-8-9-26;1-8-22-28(36)33(6)23-18-30-26(31-27(23)34(22)29(2,3)4)17-21-10-9-20(16-25(21)37-7)24(35)15-19-11-13-32(5)14-12-19/h12-13,21,23,25-26,29-30H,7-11,14-20,22,24H2,1-6H3;9-10,16,18-19,22H,8,11-15,17H2,1-7H3/t25?,29?,30-;22-/m11/s1. The van der Waals surface area contributed by atoms with Crippen LogP contribution in [-0.2, 0) is 22.4 Å². The SMILES string of the molecule is CC[C@@H]1C(=O)N(C)c2cnc(Cc3ccc(C(=O)CC4CCC(N5CCN(CC6CC6)CC5)CC4)cc3OC)nc2N1C(C)(C)C.CC[C@@H]1C(=O)N(C)c2cnc(Cc3ccc(C(=O)CC4CCN(C)CC4)cc3OC)nc2N1C(C)(C)C. The molecule has 0 spiro atoms. The minimum atomic E-state index is -0.290. The summed E-state index contributed by atoms with van der Waals surface area (Å²) in [6.45, 7) is 25.0. The first kappa shape index (κ1) is 61.5. The Morgan fingerprint density at radius 2 is 0.988 bits per heavy atom. The van der Waals surface area contributed by atoms with Crippen LogP contribution in [-0.4, -0.2) is 168 Å². The van der Waals surface area contributed by atoms with Crippen LogP contribution in [0.15, 0.2) is 48.8 Å². The van der Waals surface area contributed by atoms with E-state index in [-0.39, 0.29) is 46.5 Å². The first-order chi connectivity index (χ1) is 39.6. The Bertz CT molecular complexity index is 2950. The number of rotatable bonds is 17. The van der Waals surface area contributed by atoms with Gasteiger partial charge in [-0.25, -0.2) is 19.9 Å². The minimum Gasteiger partial charge on any atom is -0.496 e. The Morgan fingerprint density at radius 3 is 1.39 bits per heavy atom. The van der Waals surface area contributed by atoms with Gasteiger partial charge in [-0.05, 0) is 156 Å². The highest BCUT2D eigenvalue weighted by Crippen LogP contribution is 2.42. The molecule has 2 atom stereocenters. The molecule has 0 unspecified atom stereocenters. The summed E-state index contributed by atoms with van der Waals surface area (Å²) in [7, 11) is 9.01. The third kappa shape index (κ3) is 14.2. The fourth-order valence-electron chi connectivity index (χ4n) is 13.5. The number of piperidine rings is 1. The Kier molecular flexibility index (Phi) is 19.3. The van der Waals surface area contributed by atoms with Gasteiger partial charge in [-0.3, -0.25) is 24.1 Å². The first-order valence-electron chi connectivity index (χ1n) is 31.0. The van der Waals surface area contributed by atoms with Gasteiger partial charge >= 0.3 is 0 Å².